The Labute approximate surface area is 140 Å². The smallest absolute Gasteiger partial charge is 0.303 e. The summed E-state index contributed by atoms with van der Waals surface area (Å²) in [6.07, 6.45) is 1.71. The van der Waals surface area contributed by atoms with E-state index in [0.29, 0.717) is 25.1 Å². The van der Waals surface area contributed by atoms with E-state index in [2.05, 4.69) is 5.32 Å². The van der Waals surface area contributed by atoms with Crippen LogP contribution in [0.1, 0.15) is 23.1 Å². The van der Waals surface area contributed by atoms with Crippen molar-refractivity contribution >= 4 is 17.6 Å². The molecular formula is C19H19NO4. The van der Waals surface area contributed by atoms with Crippen LogP contribution in [-0.4, -0.2) is 23.6 Å². The van der Waals surface area contributed by atoms with Gasteiger partial charge >= 0.3 is 5.97 Å². The Morgan fingerprint density at radius 1 is 1.12 bits per heavy atom. The van der Waals surface area contributed by atoms with Crippen molar-refractivity contribution in [3.8, 4) is 5.75 Å². The second-order valence-corrected chi connectivity index (χ2v) is 5.86. The van der Waals surface area contributed by atoms with E-state index >= 15 is 0 Å². The molecule has 1 heterocycles. The molecule has 2 N–H and O–H groups in total. The van der Waals surface area contributed by atoms with E-state index in [4.69, 9.17) is 9.84 Å². The molecule has 0 radical (unpaired) electrons. The van der Waals surface area contributed by atoms with Gasteiger partial charge in [0, 0.05) is 18.5 Å². The molecule has 124 valence electrons. The molecule has 1 aliphatic rings. The fraction of sp³-hybridized carbons (Fsp3) is 0.263. The van der Waals surface area contributed by atoms with Gasteiger partial charge in [-0.25, -0.2) is 0 Å². The van der Waals surface area contributed by atoms with Gasteiger partial charge in [-0.1, -0.05) is 24.3 Å². The highest BCUT2D eigenvalue weighted by molar-refractivity contribution is 5.92. The molecule has 0 fully saturated rings. The van der Waals surface area contributed by atoms with Gasteiger partial charge in [0.15, 0.2) is 0 Å². The standard InChI is InChI=1S/C19H19NO4/c21-18(12-14-4-6-17-15(10-14)8-9-24-17)20-16-3-1-2-13(11-16)5-7-19(22)23/h1-4,6,10-11H,5,7-9,12H2,(H,20,21)(H,22,23). The van der Waals surface area contributed by atoms with Crippen molar-refractivity contribution < 1.29 is 19.4 Å². The highest BCUT2D eigenvalue weighted by Gasteiger charge is 2.13. The third-order valence-corrected chi connectivity index (χ3v) is 3.96. The number of benzene rings is 2. The summed E-state index contributed by atoms with van der Waals surface area (Å²) < 4.78 is 5.46. The topological polar surface area (TPSA) is 75.6 Å². The Morgan fingerprint density at radius 2 is 2.00 bits per heavy atom. The van der Waals surface area contributed by atoms with Crippen LogP contribution in [0, 0.1) is 0 Å². The lowest BCUT2D eigenvalue weighted by molar-refractivity contribution is -0.137. The highest BCUT2D eigenvalue weighted by Crippen LogP contribution is 2.26. The number of anilines is 1. The normalized spacial score (nSPS) is 12.3. The number of aryl methyl sites for hydroxylation is 1. The molecule has 0 saturated carbocycles. The van der Waals surface area contributed by atoms with Gasteiger partial charge in [0.25, 0.3) is 0 Å². The van der Waals surface area contributed by atoms with Crippen LogP contribution in [0.2, 0.25) is 0 Å². The van der Waals surface area contributed by atoms with E-state index in [1.807, 2.05) is 36.4 Å². The molecule has 3 rings (SSSR count). The molecule has 0 atom stereocenters. The largest absolute Gasteiger partial charge is 0.493 e. The minimum absolute atomic E-state index is 0.0780. The van der Waals surface area contributed by atoms with E-state index in [9.17, 15) is 9.59 Å². The molecule has 24 heavy (non-hydrogen) atoms. The molecule has 0 spiro atoms. The van der Waals surface area contributed by atoms with E-state index in [-0.39, 0.29) is 12.3 Å². The van der Waals surface area contributed by atoms with Crippen molar-refractivity contribution in [2.45, 2.75) is 25.7 Å². The maximum atomic E-state index is 12.2. The fourth-order valence-electron chi connectivity index (χ4n) is 2.80. The molecule has 0 aliphatic carbocycles. The minimum atomic E-state index is -0.829. The molecular weight excluding hydrogens is 306 g/mol. The number of nitrogens with one attached hydrogen (secondary N) is 1. The first-order valence-electron chi connectivity index (χ1n) is 7.95. The Kier molecular flexibility index (Phi) is 4.79. The van der Waals surface area contributed by atoms with Crippen LogP contribution in [-0.2, 0) is 28.9 Å². The van der Waals surface area contributed by atoms with Gasteiger partial charge in [-0.05, 0) is 41.3 Å². The molecule has 0 aromatic heterocycles. The third-order valence-electron chi connectivity index (χ3n) is 3.96. The van der Waals surface area contributed by atoms with E-state index in [1.165, 1.54) is 0 Å². The molecule has 2 aromatic carbocycles. The number of amides is 1. The van der Waals surface area contributed by atoms with Crippen molar-refractivity contribution in [3.63, 3.8) is 0 Å². The number of carboxylic acids is 1. The average molecular weight is 325 g/mol. The molecule has 0 bridgehead atoms. The van der Waals surface area contributed by atoms with Crippen molar-refractivity contribution in [1.82, 2.24) is 0 Å². The van der Waals surface area contributed by atoms with Crippen LogP contribution in [0.25, 0.3) is 0 Å². The van der Waals surface area contributed by atoms with Crippen LogP contribution in [0.3, 0.4) is 0 Å². The number of carboxylic acid groups (broad SMARTS) is 1. The summed E-state index contributed by atoms with van der Waals surface area (Å²) in [5.74, 6) is -0.0143. The summed E-state index contributed by atoms with van der Waals surface area (Å²) >= 11 is 0. The molecule has 2 aromatic rings. The Bertz CT molecular complexity index is 770. The zero-order chi connectivity index (χ0) is 16.9. The zero-order valence-corrected chi connectivity index (χ0v) is 13.2. The van der Waals surface area contributed by atoms with Crippen LogP contribution in [0.5, 0.6) is 5.75 Å². The van der Waals surface area contributed by atoms with Crippen molar-refractivity contribution in [3.05, 3.63) is 59.2 Å². The van der Waals surface area contributed by atoms with Gasteiger partial charge in [-0.15, -0.1) is 0 Å². The van der Waals surface area contributed by atoms with E-state index in [1.54, 1.807) is 6.07 Å². The Morgan fingerprint density at radius 3 is 2.83 bits per heavy atom. The van der Waals surface area contributed by atoms with E-state index in [0.717, 1.165) is 28.9 Å². The number of rotatable bonds is 6. The van der Waals surface area contributed by atoms with Crippen LogP contribution in [0.4, 0.5) is 5.69 Å². The first-order valence-corrected chi connectivity index (χ1v) is 7.95. The third kappa shape index (κ3) is 4.13. The molecule has 5 nitrogen and oxygen atoms in total. The van der Waals surface area contributed by atoms with Crippen molar-refractivity contribution in [2.24, 2.45) is 0 Å². The maximum absolute atomic E-state index is 12.2. The number of carbonyl (C=O) groups excluding carboxylic acids is 1. The van der Waals surface area contributed by atoms with Gasteiger partial charge in [0.05, 0.1) is 13.0 Å². The lowest BCUT2D eigenvalue weighted by Gasteiger charge is -2.08. The van der Waals surface area contributed by atoms with Gasteiger partial charge in [-0.2, -0.15) is 0 Å². The molecule has 5 heteroatoms. The van der Waals surface area contributed by atoms with Crippen LogP contribution in [0.15, 0.2) is 42.5 Å². The number of fused-ring (bicyclic) bond motifs is 1. The van der Waals surface area contributed by atoms with E-state index < -0.39 is 5.97 Å². The summed E-state index contributed by atoms with van der Waals surface area (Å²) in [6.45, 7) is 0.702. The summed E-state index contributed by atoms with van der Waals surface area (Å²) in [4.78, 5) is 22.9. The first-order chi connectivity index (χ1) is 11.6. The number of hydrogen-bond acceptors (Lipinski definition) is 3. The summed E-state index contributed by atoms with van der Waals surface area (Å²) in [7, 11) is 0. The molecule has 1 aliphatic heterocycles. The quantitative estimate of drug-likeness (QED) is 0.856. The molecule has 1 amide bonds. The lowest BCUT2D eigenvalue weighted by atomic mass is 10.1. The van der Waals surface area contributed by atoms with Gasteiger partial charge in [0.2, 0.25) is 5.91 Å². The highest BCUT2D eigenvalue weighted by atomic mass is 16.5. The van der Waals surface area contributed by atoms with Crippen molar-refractivity contribution in [2.75, 3.05) is 11.9 Å². The number of ether oxygens (including phenoxy) is 1. The number of hydrogen-bond donors (Lipinski definition) is 2. The lowest BCUT2D eigenvalue weighted by Crippen LogP contribution is -2.14. The zero-order valence-electron chi connectivity index (χ0n) is 13.2. The van der Waals surface area contributed by atoms with Gasteiger partial charge < -0.3 is 15.2 Å². The average Bonchev–Trinajstić information content (AvgIpc) is 3.01. The minimum Gasteiger partial charge on any atom is -0.493 e. The predicted octanol–water partition coefficient (Wildman–Crippen LogP) is 2.82. The predicted molar refractivity (Wildman–Crippen MR) is 90.4 cm³/mol. The maximum Gasteiger partial charge on any atom is 0.303 e. The summed E-state index contributed by atoms with van der Waals surface area (Å²) in [5.41, 5.74) is 3.69. The van der Waals surface area contributed by atoms with Gasteiger partial charge in [0.1, 0.15) is 5.75 Å². The number of carbonyl (C=O) groups is 2. The SMILES string of the molecule is O=C(O)CCc1cccc(NC(=O)Cc2ccc3c(c2)CCO3)c1. The van der Waals surface area contributed by atoms with Crippen LogP contribution < -0.4 is 10.1 Å². The second kappa shape index (κ2) is 7.17. The monoisotopic (exact) mass is 325 g/mol. The van der Waals surface area contributed by atoms with Crippen LogP contribution >= 0.6 is 0 Å². The molecule has 0 unspecified atom stereocenters. The second-order valence-electron chi connectivity index (χ2n) is 5.86. The first kappa shape index (κ1) is 16.1. The Hall–Kier alpha value is -2.82. The fourth-order valence-corrected chi connectivity index (χ4v) is 2.80. The van der Waals surface area contributed by atoms with Crippen molar-refractivity contribution in [1.29, 1.82) is 0 Å². The summed E-state index contributed by atoms with van der Waals surface area (Å²) in [6, 6.07) is 13.1. The van der Waals surface area contributed by atoms with Gasteiger partial charge in [-0.3, -0.25) is 9.59 Å². The summed E-state index contributed by atoms with van der Waals surface area (Å²) in [5, 5.41) is 11.6. The number of aliphatic carboxylic acids is 1. The Balaban J connectivity index is 1.60. The molecule has 0 saturated heterocycles.